The van der Waals surface area contributed by atoms with Gasteiger partial charge in [0.2, 0.25) is 5.91 Å². The third-order valence-corrected chi connectivity index (χ3v) is 4.89. The highest BCUT2D eigenvalue weighted by atomic mass is 16.7. The summed E-state index contributed by atoms with van der Waals surface area (Å²) in [4.78, 5) is 14.9. The third kappa shape index (κ3) is 2.26. The second-order valence-corrected chi connectivity index (χ2v) is 6.22. The summed E-state index contributed by atoms with van der Waals surface area (Å²) in [6.45, 7) is 2.64. The monoisotopic (exact) mass is 291 g/mol. The van der Waals surface area contributed by atoms with Gasteiger partial charge in [0.1, 0.15) is 0 Å². The number of hydrogen-bond acceptors (Lipinski definition) is 4. The van der Waals surface area contributed by atoms with Crippen molar-refractivity contribution in [1.29, 1.82) is 0 Å². The lowest BCUT2D eigenvalue weighted by Gasteiger charge is -2.40. The van der Waals surface area contributed by atoms with Gasteiger partial charge in [0.05, 0.1) is 31.9 Å². The molecule has 0 unspecified atom stereocenters. The van der Waals surface area contributed by atoms with Gasteiger partial charge >= 0.3 is 0 Å². The molecule has 1 atom stereocenters. The molecule has 0 bridgehead atoms. The number of fused-ring (bicyclic) bond motifs is 1. The molecule has 3 aliphatic rings. The van der Waals surface area contributed by atoms with E-state index in [2.05, 4.69) is 10.2 Å². The lowest BCUT2D eigenvalue weighted by atomic mass is 9.85. The first-order valence-electron chi connectivity index (χ1n) is 7.86. The van der Waals surface area contributed by atoms with Crippen LogP contribution in [0.4, 0.5) is 0 Å². The minimum Gasteiger partial charge on any atom is -0.346 e. The van der Waals surface area contributed by atoms with Crippen LogP contribution in [-0.4, -0.2) is 53.1 Å². The van der Waals surface area contributed by atoms with Crippen LogP contribution in [0.25, 0.3) is 0 Å². The summed E-state index contributed by atoms with van der Waals surface area (Å²) >= 11 is 0. The van der Waals surface area contributed by atoms with Crippen LogP contribution < -0.4 is 0 Å². The molecule has 114 valence electrons. The summed E-state index contributed by atoms with van der Waals surface area (Å²) in [5.74, 6) is -0.387. The van der Waals surface area contributed by atoms with Gasteiger partial charge in [0.15, 0.2) is 5.79 Å². The van der Waals surface area contributed by atoms with Gasteiger partial charge in [-0.25, -0.2) is 0 Å². The summed E-state index contributed by atoms with van der Waals surface area (Å²) in [5, 5.41) is 7.13. The molecule has 1 spiro atoms. The number of ether oxygens (including phenoxy) is 2. The number of hydrogen-bond donors (Lipinski definition) is 1. The Labute approximate surface area is 123 Å². The molecule has 4 rings (SSSR count). The minimum absolute atomic E-state index is 0.0518. The molecule has 2 saturated heterocycles. The number of amides is 1. The average Bonchev–Trinajstić information content (AvgIpc) is 3.15. The summed E-state index contributed by atoms with van der Waals surface area (Å²) in [6.07, 6.45) is 6.60. The van der Waals surface area contributed by atoms with Crippen LogP contribution in [0.5, 0.6) is 0 Å². The Morgan fingerprint density at radius 3 is 3.10 bits per heavy atom. The molecule has 0 saturated carbocycles. The van der Waals surface area contributed by atoms with Gasteiger partial charge in [-0.1, -0.05) is 0 Å². The molecule has 1 aromatic heterocycles. The van der Waals surface area contributed by atoms with E-state index in [-0.39, 0.29) is 11.8 Å². The second-order valence-electron chi connectivity index (χ2n) is 6.22. The van der Waals surface area contributed by atoms with Crippen LogP contribution in [0.15, 0.2) is 6.20 Å². The third-order valence-electron chi connectivity index (χ3n) is 4.89. The van der Waals surface area contributed by atoms with Crippen LogP contribution in [0.1, 0.15) is 42.9 Å². The van der Waals surface area contributed by atoms with E-state index in [1.54, 1.807) is 0 Å². The van der Waals surface area contributed by atoms with E-state index < -0.39 is 5.79 Å². The van der Waals surface area contributed by atoms with E-state index in [0.717, 1.165) is 49.9 Å². The zero-order valence-electron chi connectivity index (χ0n) is 12.1. The molecule has 1 amide bonds. The van der Waals surface area contributed by atoms with Crippen LogP contribution >= 0.6 is 0 Å². The number of H-pyrrole nitrogens is 1. The maximum absolute atomic E-state index is 12.9. The van der Waals surface area contributed by atoms with Crippen molar-refractivity contribution in [1.82, 2.24) is 15.1 Å². The summed E-state index contributed by atoms with van der Waals surface area (Å²) in [6, 6.07) is 0. The number of aromatic amines is 1. The molecule has 1 aromatic rings. The first kappa shape index (κ1) is 13.3. The fourth-order valence-corrected chi connectivity index (χ4v) is 3.85. The van der Waals surface area contributed by atoms with E-state index in [9.17, 15) is 4.79 Å². The van der Waals surface area contributed by atoms with Gasteiger partial charge in [-0.05, 0) is 25.7 Å². The highest BCUT2D eigenvalue weighted by Crippen LogP contribution is 2.35. The molecule has 21 heavy (non-hydrogen) atoms. The Kier molecular flexibility index (Phi) is 3.23. The maximum Gasteiger partial charge on any atom is 0.230 e. The highest BCUT2D eigenvalue weighted by Gasteiger charge is 2.43. The Bertz CT molecular complexity index is 536. The number of nitrogens with one attached hydrogen (secondary N) is 1. The molecule has 2 aliphatic heterocycles. The van der Waals surface area contributed by atoms with Crippen molar-refractivity contribution in [2.75, 3.05) is 26.3 Å². The van der Waals surface area contributed by atoms with E-state index in [0.29, 0.717) is 19.8 Å². The standard InChI is InChI=1S/C15H21N3O3/c19-14(11-3-1-4-13-12(11)9-16-17-13)18-6-2-5-15(10-18)20-7-8-21-15/h9,11H,1-8,10H2,(H,16,17)/t11-/m0/s1. The zero-order valence-corrected chi connectivity index (χ0v) is 12.1. The van der Waals surface area contributed by atoms with Crippen molar-refractivity contribution in [3.63, 3.8) is 0 Å². The van der Waals surface area contributed by atoms with Crippen molar-refractivity contribution in [3.05, 3.63) is 17.5 Å². The molecule has 3 heterocycles. The average molecular weight is 291 g/mol. The first-order chi connectivity index (χ1) is 10.3. The van der Waals surface area contributed by atoms with E-state index >= 15 is 0 Å². The molecule has 0 radical (unpaired) electrons. The maximum atomic E-state index is 12.9. The van der Waals surface area contributed by atoms with Gasteiger partial charge in [-0.3, -0.25) is 9.89 Å². The number of carbonyl (C=O) groups excluding carboxylic acids is 1. The predicted molar refractivity (Wildman–Crippen MR) is 74.7 cm³/mol. The van der Waals surface area contributed by atoms with Crippen LogP contribution in [0.3, 0.4) is 0 Å². The summed E-state index contributed by atoms with van der Waals surface area (Å²) in [5.41, 5.74) is 2.21. The molecule has 1 N–H and O–H groups in total. The summed E-state index contributed by atoms with van der Waals surface area (Å²) < 4.78 is 11.5. The highest BCUT2D eigenvalue weighted by molar-refractivity contribution is 5.84. The second kappa shape index (κ2) is 5.10. The number of nitrogens with zero attached hydrogens (tertiary/aromatic N) is 2. The van der Waals surface area contributed by atoms with Crippen LogP contribution in [0, 0.1) is 0 Å². The van der Waals surface area contributed by atoms with Crippen molar-refractivity contribution < 1.29 is 14.3 Å². The predicted octanol–water partition coefficient (Wildman–Crippen LogP) is 1.20. The number of aromatic nitrogens is 2. The molecule has 1 aliphatic carbocycles. The molecule has 6 nitrogen and oxygen atoms in total. The number of likely N-dealkylation sites (tertiary alicyclic amines) is 1. The number of carbonyl (C=O) groups is 1. The smallest absolute Gasteiger partial charge is 0.230 e. The SMILES string of the molecule is O=C([C@H]1CCCc2[nH]ncc21)N1CCCC2(C1)OCCO2. The first-order valence-corrected chi connectivity index (χ1v) is 7.86. The van der Waals surface area contributed by atoms with Crippen molar-refractivity contribution in [2.24, 2.45) is 0 Å². The quantitative estimate of drug-likeness (QED) is 0.844. The summed E-state index contributed by atoms with van der Waals surface area (Å²) in [7, 11) is 0. The van der Waals surface area contributed by atoms with Gasteiger partial charge < -0.3 is 14.4 Å². The van der Waals surface area contributed by atoms with Crippen molar-refractivity contribution in [2.45, 2.75) is 43.8 Å². The Morgan fingerprint density at radius 2 is 2.24 bits per heavy atom. The molecule has 6 heteroatoms. The largest absolute Gasteiger partial charge is 0.346 e. The van der Waals surface area contributed by atoms with Gasteiger partial charge in [0.25, 0.3) is 0 Å². The molecular weight excluding hydrogens is 270 g/mol. The molecule has 0 aromatic carbocycles. The van der Waals surface area contributed by atoms with Gasteiger partial charge in [-0.2, -0.15) is 5.10 Å². The van der Waals surface area contributed by atoms with Crippen molar-refractivity contribution >= 4 is 5.91 Å². The lowest BCUT2D eigenvalue weighted by molar-refractivity contribution is -0.193. The normalized spacial score (nSPS) is 27.8. The number of rotatable bonds is 1. The number of piperidine rings is 1. The fourth-order valence-electron chi connectivity index (χ4n) is 3.85. The Morgan fingerprint density at radius 1 is 1.38 bits per heavy atom. The van der Waals surface area contributed by atoms with Crippen LogP contribution in [0.2, 0.25) is 0 Å². The topological polar surface area (TPSA) is 67.5 Å². The minimum atomic E-state index is -0.540. The van der Waals surface area contributed by atoms with E-state index in [1.807, 2.05) is 11.1 Å². The van der Waals surface area contributed by atoms with Crippen LogP contribution in [-0.2, 0) is 20.7 Å². The number of aryl methyl sites for hydroxylation is 1. The zero-order chi connectivity index (χ0) is 14.3. The molecule has 2 fully saturated rings. The Balaban J connectivity index is 1.53. The van der Waals surface area contributed by atoms with Crippen molar-refractivity contribution in [3.8, 4) is 0 Å². The fraction of sp³-hybridized carbons (Fsp3) is 0.733. The Hall–Kier alpha value is -1.40. The molecular formula is C15H21N3O3. The van der Waals surface area contributed by atoms with E-state index in [4.69, 9.17) is 9.47 Å². The van der Waals surface area contributed by atoms with Gasteiger partial charge in [-0.15, -0.1) is 0 Å². The van der Waals surface area contributed by atoms with Gasteiger partial charge in [0, 0.05) is 24.2 Å². The van der Waals surface area contributed by atoms with E-state index in [1.165, 1.54) is 0 Å². The lowest BCUT2D eigenvalue weighted by Crippen LogP contribution is -2.52.